The largest absolute Gasteiger partial charge is 0.356 e. The Labute approximate surface area is 345 Å². The molecular weight excluding hydrogens is 709 g/mol. The highest BCUT2D eigenvalue weighted by Gasteiger charge is 2.26. The average Bonchev–Trinajstić information content (AvgIpc) is 3.43. The summed E-state index contributed by atoms with van der Waals surface area (Å²) in [6.07, 6.45) is 6.72. The molecule has 6 aromatic carbocycles. The second-order valence-corrected chi connectivity index (χ2v) is 13.3. The van der Waals surface area contributed by atoms with Gasteiger partial charge in [0, 0.05) is 23.9 Å². The first kappa shape index (κ1) is 42.2. The molecule has 0 saturated carbocycles. The summed E-state index contributed by atoms with van der Waals surface area (Å²) < 4.78 is 0. The number of benzene rings is 6. The van der Waals surface area contributed by atoms with Gasteiger partial charge >= 0.3 is 0 Å². The molecule has 6 nitrogen and oxygen atoms in total. The van der Waals surface area contributed by atoms with Crippen LogP contribution in [0.5, 0.6) is 0 Å². The molecule has 0 N–H and O–H groups in total. The third-order valence-corrected chi connectivity index (χ3v) is 9.56. The minimum Gasteiger partial charge on any atom is -0.356 e. The number of fused-ring (bicyclic) bond motifs is 2. The zero-order valence-corrected chi connectivity index (χ0v) is 34.1. The van der Waals surface area contributed by atoms with E-state index in [2.05, 4.69) is 166 Å². The van der Waals surface area contributed by atoms with E-state index in [0.717, 1.165) is 36.4 Å². The highest BCUT2D eigenvalue weighted by molar-refractivity contribution is 6.01. The van der Waals surface area contributed by atoms with E-state index in [1.165, 1.54) is 44.8 Å². The molecular formula is C52H54N6. The van der Waals surface area contributed by atoms with Gasteiger partial charge in [-0.05, 0) is 85.1 Å². The van der Waals surface area contributed by atoms with Gasteiger partial charge in [-0.3, -0.25) is 15.0 Å². The molecule has 0 radical (unpaired) electrons. The van der Waals surface area contributed by atoms with Gasteiger partial charge in [0.25, 0.3) is 0 Å². The van der Waals surface area contributed by atoms with Gasteiger partial charge in [-0.1, -0.05) is 166 Å². The highest BCUT2D eigenvalue weighted by atomic mass is 15.3. The van der Waals surface area contributed by atoms with Crippen LogP contribution in [-0.2, 0) is 13.1 Å². The summed E-state index contributed by atoms with van der Waals surface area (Å²) in [5.41, 5.74) is 13.2. The van der Waals surface area contributed by atoms with Crippen molar-refractivity contribution in [2.24, 2.45) is 20.0 Å². The quantitative estimate of drug-likeness (QED) is 0.115. The van der Waals surface area contributed by atoms with Crippen LogP contribution in [0.25, 0.3) is 16.7 Å². The third-order valence-electron chi connectivity index (χ3n) is 9.56. The Bertz CT molecular complexity index is 2290. The predicted octanol–water partition coefficient (Wildman–Crippen LogP) is 13.0. The molecule has 0 fully saturated rings. The Morgan fingerprint density at radius 1 is 0.603 bits per heavy atom. The number of anilines is 2. The van der Waals surface area contributed by atoms with E-state index in [9.17, 15) is 0 Å². The van der Waals surface area contributed by atoms with E-state index in [-0.39, 0.29) is 0 Å². The fraction of sp³-hybridized carbons (Fsp3) is 0.154. The number of nitrogens with zero attached hydrogens (tertiary/aromatic N) is 6. The van der Waals surface area contributed by atoms with Crippen LogP contribution in [-0.4, -0.2) is 44.6 Å². The van der Waals surface area contributed by atoms with Gasteiger partial charge in [-0.2, -0.15) is 0 Å². The molecule has 0 amide bonds. The van der Waals surface area contributed by atoms with Crippen molar-refractivity contribution in [3.8, 4) is 11.1 Å². The first-order valence-electron chi connectivity index (χ1n) is 19.8. The van der Waals surface area contributed by atoms with Crippen molar-refractivity contribution in [1.82, 2.24) is 4.90 Å². The maximum absolute atomic E-state index is 4.47. The highest BCUT2D eigenvalue weighted by Crippen LogP contribution is 2.43. The lowest BCUT2D eigenvalue weighted by Gasteiger charge is -2.30. The van der Waals surface area contributed by atoms with Crippen LogP contribution < -0.4 is 4.90 Å². The Kier molecular flexibility index (Phi) is 16.4. The number of likely N-dealkylation sites (N-methyl/N-ethyl adjacent to an activating group) is 1. The molecule has 0 unspecified atom stereocenters. The van der Waals surface area contributed by atoms with Gasteiger partial charge in [-0.25, -0.2) is 4.99 Å². The summed E-state index contributed by atoms with van der Waals surface area (Å²) in [5, 5.41) is 0. The summed E-state index contributed by atoms with van der Waals surface area (Å²) in [4.78, 5) is 21.2. The lowest BCUT2D eigenvalue weighted by atomic mass is 9.93. The van der Waals surface area contributed by atoms with Crippen LogP contribution in [0.2, 0.25) is 0 Å². The number of para-hydroxylation sites is 3. The monoisotopic (exact) mass is 762 g/mol. The molecule has 1 aliphatic carbocycles. The molecule has 58 heavy (non-hydrogen) atoms. The molecule has 0 aromatic heterocycles. The smallest absolute Gasteiger partial charge is 0.154 e. The summed E-state index contributed by atoms with van der Waals surface area (Å²) in [6, 6.07) is 55.7. The van der Waals surface area contributed by atoms with Crippen LogP contribution in [0.15, 0.2) is 202 Å². The van der Waals surface area contributed by atoms with E-state index >= 15 is 0 Å². The van der Waals surface area contributed by atoms with Crippen molar-refractivity contribution in [2.45, 2.75) is 39.8 Å². The number of aliphatic imine (C=N–C) groups is 4. The SMILES string of the molecule is C=NC(=NCc1ccccc1)c1ccccc1.C=NCc1ccc(-c2ccccc2)cc1.C=Nc1ccccc1N1CN(C)C2=C(CCC=C2)c2ccccc21.CC. The average molecular weight is 763 g/mol. The van der Waals surface area contributed by atoms with Gasteiger partial charge in [0.15, 0.2) is 5.84 Å². The summed E-state index contributed by atoms with van der Waals surface area (Å²) in [6.45, 7) is 16.9. The molecule has 1 aliphatic heterocycles. The molecule has 292 valence electrons. The van der Waals surface area contributed by atoms with Crippen LogP contribution in [0.4, 0.5) is 17.1 Å². The van der Waals surface area contributed by atoms with E-state index in [0.29, 0.717) is 18.9 Å². The lowest BCUT2D eigenvalue weighted by Crippen LogP contribution is -2.30. The predicted molar refractivity (Wildman–Crippen MR) is 251 cm³/mol. The molecule has 0 spiro atoms. The van der Waals surface area contributed by atoms with E-state index in [1.54, 1.807) is 0 Å². The number of hydrogen-bond acceptors (Lipinski definition) is 5. The molecule has 2 aliphatic rings. The van der Waals surface area contributed by atoms with Crippen LogP contribution in [0.1, 0.15) is 48.9 Å². The van der Waals surface area contributed by atoms with Crippen LogP contribution in [0.3, 0.4) is 0 Å². The van der Waals surface area contributed by atoms with E-state index < -0.39 is 0 Å². The fourth-order valence-electron chi connectivity index (χ4n) is 6.77. The van der Waals surface area contributed by atoms with Gasteiger partial charge in [0.2, 0.25) is 0 Å². The van der Waals surface area contributed by atoms with Crippen LogP contribution in [0, 0.1) is 0 Å². The topological polar surface area (TPSA) is 55.9 Å². The van der Waals surface area contributed by atoms with Crippen molar-refractivity contribution in [1.29, 1.82) is 0 Å². The van der Waals surface area contributed by atoms with Gasteiger partial charge in [0.05, 0.1) is 36.8 Å². The Balaban J connectivity index is 0.000000168. The molecule has 0 saturated heterocycles. The van der Waals surface area contributed by atoms with Gasteiger partial charge in [-0.15, -0.1) is 0 Å². The molecule has 0 atom stereocenters. The van der Waals surface area contributed by atoms with Gasteiger partial charge < -0.3 is 9.80 Å². The zero-order chi connectivity index (χ0) is 41.0. The molecule has 6 aromatic rings. The van der Waals surface area contributed by atoms with Crippen molar-refractivity contribution in [2.75, 3.05) is 18.6 Å². The summed E-state index contributed by atoms with van der Waals surface area (Å²) in [7, 11) is 2.16. The maximum Gasteiger partial charge on any atom is 0.154 e. The summed E-state index contributed by atoms with van der Waals surface area (Å²) >= 11 is 0. The van der Waals surface area contributed by atoms with Crippen LogP contribution >= 0.6 is 0 Å². The molecule has 1 heterocycles. The number of allylic oxidation sites excluding steroid dienone is 3. The Morgan fingerprint density at radius 3 is 1.83 bits per heavy atom. The van der Waals surface area contributed by atoms with E-state index in [4.69, 9.17) is 0 Å². The summed E-state index contributed by atoms with van der Waals surface area (Å²) in [5.74, 6) is 0.689. The first-order chi connectivity index (χ1) is 28.6. The first-order valence-corrected chi connectivity index (χ1v) is 19.8. The van der Waals surface area contributed by atoms with Crippen molar-refractivity contribution in [3.05, 3.63) is 204 Å². The number of rotatable bonds is 8. The Hall–Kier alpha value is -6.92. The molecule has 8 rings (SSSR count). The molecule has 6 heteroatoms. The third kappa shape index (κ3) is 11.3. The minimum absolute atomic E-state index is 0.629. The lowest BCUT2D eigenvalue weighted by molar-refractivity contribution is 0.442. The second kappa shape index (κ2) is 22.6. The Morgan fingerprint density at radius 2 is 1.17 bits per heavy atom. The van der Waals surface area contributed by atoms with Gasteiger partial charge in [0.1, 0.15) is 0 Å². The number of amidine groups is 1. The van der Waals surface area contributed by atoms with Crippen molar-refractivity contribution < 1.29 is 0 Å². The van der Waals surface area contributed by atoms with Crippen molar-refractivity contribution in [3.63, 3.8) is 0 Å². The standard InChI is InChI=1S/C21H21N3.C15H14N2.C14H13N.C2H6/c1-22-18-11-5-8-14-21(18)24-15-23(2)19-12-6-3-9-16(19)17-10-4-7-13-20(17)24;1-16-15(14-10-6-3-7-11-14)17-12-13-8-4-2-5-9-13;1-15-11-12-7-9-14(10-8-12)13-5-3-2-4-6-13;1-2/h4-8,10-14H,1,3,9,15H2,2H3;2-11H,1,12H2;2-10H,1,11H2;1-2H3. The molecule has 0 bridgehead atoms. The maximum atomic E-state index is 4.47. The second-order valence-electron chi connectivity index (χ2n) is 13.3. The number of hydrogen-bond donors (Lipinski definition) is 0. The minimum atomic E-state index is 0.629. The van der Waals surface area contributed by atoms with E-state index in [1.807, 2.05) is 80.6 Å². The normalized spacial score (nSPS) is 12.8. The van der Waals surface area contributed by atoms with Crippen molar-refractivity contribution >= 4 is 48.6 Å². The zero-order valence-electron chi connectivity index (χ0n) is 34.1. The fourth-order valence-corrected chi connectivity index (χ4v) is 6.77.